The van der Waals surface area contributed by atoms with Crippen molar-refractivity contribution in [2.24, 2.45) is 5.73 Å². The maximum absolute atomic E-state index is 7.42. The number of hydrogen-bond acceptors (Lipinski definition) is 2. The van der Waals surface area contributed by atoms with Crippen molar-refractivity contribution in [2.45, 2.75) is 44.6 Å². The van der Waals surface area contributed by atoms with E-state index in [1.54, 1.807) is 0 Å². The van der Waals surface area contributed by atoms with Gasteiger partial charge in [0.05, 0.1) is 5.84 Å². The summed E-state index contributed by atoms with van der Waals surface area (Å²) in [4.78, 5) is 2.45. The summed E-state index contributed by atoms with van der Waals surface area (Å²) >= 11 is 0. The first-order valence-corrected chi connectivity index (χ1v) is 6.92. The summed E-state index contributed by atoms with van der Waals surface area (Å²) in [6.45, 7) is 0.865. The van der Waals surface area contributed by atoms with Crippen molar-refractivity contribution in [3.8, 4) is 0 Å². The van der Waals surface area contributed by atoms with Crippen LogP contribution in [0.3, 0.4) is 0 Å². The van der Waals surface area contributed by atoms with Gasteiger partial charge in [-0.25, -0.2) is 0 Å². The third-order valence-corrected chi connectivity index (χ3v) is 3.73. The van der Waals surface area contributed by atoms with Crippen LogP contribution >= 0.6 is 0 Å². The van der Waals surface area contributed by atoms with E-state index < -0.39 is 0 Å². The fourth-order valence-corrected chi connectivity index (χ4v) is 2.78. The van der Waals surface area contributed by atoms with Crippen molar-refractivity contribution in [3.05, 3.63) is 30.3 Å². The summed E-state index contributed by atoms with van der Waals surface area (Å²) in [5.41, 5.74) is 6.77. The van der Waals surface area contributed by atoms with Crippen molar-refractivity contribution in [1.82, 2.24) is 0 Å². The number of para-hydroxylation sites is 1. The van der Waals surface area contributed by atoms with Crippen LogP contribution in [0.4, 0.5) is 5.69 Å². The molecule has 1 aromatic carbocycles. The maximum atomic E-state index is 7.42. The van der Waals surface area contributed by atoms with Gasteiger partial charge >= 0.3 is 0 Å². The molecule has 3 nitrogen and oxygen atoms in total. The molecule has 0 saturated heterocycles. The quantitative estimate of drug-likeness (QED) is 0.618. The van der Waals surface area contributed by atoms with Crippen LogP contribution in [-0.2, 0) is 0 Å². The number of nitrogens with zero attached hydrogens (tertiary/aromatic N) is 1. The van der Waals surface area contributed by atoms with Crippen molar-refractivity contribution in [1.29, 1.82) is 5.41 Å². The molecule has 1 aliphatic carbocycles. The van der Waals surface area contributed by atoms with E-state index in [1.807, 2.05) is 6.07 Å². The molecule has 0 spiro atoms. The Morgan fingerprint density at radius 1 is 1.17 bits per heavy atom. The lowest BCUT2D eigenvalue weighted by Gasteiger charge is -2.36. The number of nitrogens with two attached hydrogens (primary N) is 1. The summed E-state index contributed by atoms with van der Waals surface area (Å²) in [5.74, 6) is 0.284. The van der Waals surface area contributed by atoms with Crippen molar-refractivity contribution in [3.63, 3.8) is 0 Å². The highest BCUT2D eigenvalue weighted by Gasteiger charge is 2.21. The molecule has 0 amide bonds. The van der Waals surface area contributed by atoms with Gasteiger partial charge in [0.25, 0.3) is 0 Å². The van der Waals surface area contributed by atoms with Crippen molar-refractivity contribution < 1.29 is 0 Å². The predicted molar refractivity (Wildman–Crippen MR) is 77.2 cm³/mol. The summed E-state index contributed by atoms with van der Waals surface area (Å²) in [6, 6.07) is 11.2. The average Bonchev–Trinajstić information content (AvgIpc) is 2.41. The molecule has 0 aromatic heterocycles. The first kappa shape index (κ1) is 12.9. The molecule has 18 heavy (non-hydrogen) atoms. The Morgan fingerprint density at radius 3 is 2.44 bits per heavy atom. The third-order valence-electron chi connectivity index (χ3n) is 3.73. The van der Waals surface area contributed by atoms with Crippen LogP contribution in [0.5, 0.6) is 0 Å². The molecule has 0 aliphatic heterocycles. The van der Waals surface area contributed by atoms with Crippen LogP contribution < -0.4 is 10.6 Å². The summed E-state index contributed by atoms with van der Waals surface area (Å²) in [7, 11) is 0. The van der Waals surface area contributed by atoms with E-state index in [0.29, 0.717) is 12.5 Å². The van der Waals surface area contributed by atoms with Gasteiger partial charge in [-0.1, -0.05) is 37.5 Å². The van der Waals surface area contributed by atoms with E-state index in [9.17, 15) is 0 Å². The van der Waals surface area contributed by atoms with E-state index in [1.165, 1.54) is 37.8 Å². The number of anilines is 1. The fourth-order valence-electron chi connectivity index (χ4n) is 2.78. The van der Waals surface area contributed by atoms with Crippen molar-refractivity contribution in [2.75, 3.05) is 11.4 Å². The Labute approximate surface area is 109 Å². The molecule has 1 aromatic rings. The van der Waals surface area contributed by atoms with E-state index in [2.05, 4.69) is 29.2 Å². The normalized spacial score (nSPS) is 16.4. The van der Waals surface area contributed by atoms with E-state index in [4.69, 9.17) is 11.1 Å². The van der Waals surface area contributed by atoms with Gasteiger partial charge < -0.3 is 10.6 Å². The molecule has 1 saturated carbocycles. The number of benzene rings is 1. The minimum Gasteiger partial charge on any atom is -0.388 e. The molecule has 0 heterocycles. The monoisotopic (exact) mass is 245 g/mol. The first-order chi connectivity index (χ1) is 8.77. The van der Waals surface area contributed by atoms with E-state index >= 15 is 0 Å². The number of nitrogens with one attached hydrogen (secondary N) is 1. The van der Waals surface area contributed by atoms with Gasteiger partial charge in [0.1, 0.15) is 0 Å². The lowest BCUT2D eigenvalue weighted by atomic mass is 9.93. The molecule has 0 unspecified atom stereocenters. The second-order valence-electron chi connectivity index (χ2n) is 5.10. The smallest absolute Gasteiger partial charge is 0.0923 e. The zero-order valence-corrected chi connectivity index (χ0v) is 10.9. The Morgan fingerprint density at radius 2 is 1.83 bits per heavy atom. The largest absolute Gasteiger partial charge is 0.388 e. The lowest BCUT2D eigenvalue weighted by molar-refractivity contribution is 0.416. The number of hydrogen-bond donors (Lipinski definition) is 2. The second kappa shape index (κ2) is 6.43. The minimum atomic E-state index is 0.284. The molecule has 0 radical (unpaired) electrons. The van der Waals surface area contributed by atoms with Gasteiger partial charge in [-0.15, -0.1) is 0 Å². The molecule has 2 rings (SSSR count). The van der Waals surface area contributed by atoms with Crippen LogP contribution in [0.2, 0.25) is 0 Å². The highest BCUT2D eigenvalue weighted by molar-refractivity contribution is 5.77. The Hall–Kier alpha value is -1.51. The van der Waals surface area contributed by atoms with Gasteiger partial charge in [-0.3, -0.25) is 5.41 Å². The lowest BCUT2D eigenvalue weighted by Crippen LogP contribution is -2.38. The van der Waals surface area contributed by atoms with Gasteiger partial charge in [0, 0.05) is 24.7 Å². The molecule has 0 atom stereocenters. The fraction of sp³-hybridized carbons (Fsp3) is 0.533. The van der Waals surface area contributed by atoms with Crippen LogP contribution in [-0.4, -0.2) is 18.4 Å². The molecule has 3 heteroatoms. The summed E-state index contributed by atoms with van der Waals surface area (Å²) in [6.07, 6.45) is 7.22. The zero-order chi connectivity index (χ0) is 12.8. The highest BCUT2D eigenvalue weighted by Crippen LogP contribution is 2.27. The molecular formula is C15H23N3. The van der Waals surface area contributed by atoms with Crippen LogP contribution in [0.1, 0.15) is 38.5 Å². The Bertz CT molecular complexity index is 369. The number of rotatable bonds is 5. The summed E-state index contributed by atoms with van der Waals surface area (Å²) < 4.78 is 0. The van der Waals surface area contributed by atoms with Gasteiger partial charge in [-0.2, -0.15) is 0 Å². The van der Waals surface area contributed by atoms with Gasteiger partial charge in [0.15, 0.2) is 0 Å². The first-order valence-electron chi connectivity index (χ1n) is 6.92. The standard InChI is InChI=1S/C15H23N3/c16-15(17)11-12-18(13-7-3-1-4-8-13)14-9-5-2-6-10-14/h1,3-4,7-8,14H,2,5-6,9-12H2,(H3,16,17). The molecule has 1 fully saturated rings. The molecule has 1 aliphatic rings. The van der Waals surface area contributed by atoms with Crippen LogP contribution in [0.25, 0.3) is 0 Å². The van der Waals surface area contributed by atoms with Crippen LogP contribution in [0, 0.1) is 5.41 Å². The SMILES string of the molecule is N=C(N)CCN(c1ccccc1)C1CCCCC1. The molecular weight excluding hydrogens is 222 g/mol. The third kappa shape index (κ3) is 3.49. The number of amidine groups is 1. The minimum absolute atomic E-state index is 0.284. The van der Waals surface area contributed by atoms with E-state index in [0.717, 1.165) is 6.54 Å². The van der Waals surface area contributed by atoms with E-state index in [-0.39, 0.29) is 5.84 Å². The maximum Gasteiger partial charge on any atom is 0.0923 e. The van der Waals surface area contributed by atoms with Crippen molar-refractivity contribution >= 4 is 11.5 Å². The highest BCUT2D eigenvalue weighted by atomic mass is 15.2. The summed E-state index contributed by atoms with van der Waals surface area (Å²) in [5, 5.41) is 7.42. The van der Waals surface area contributed by atoms with Gasteiger partial charge in [-0.05, 0) is 25.0 Å². The van der Waals surface area contributed by atoms with Crippen LogP contribution in [0.15, 0.2) is 30.3 Å². The topological polar surface area (TPSA) is 53.1 Å². The molecule has 98 valence electrons. The second-order valence-corrected chi connectivity index (χ2v) is 5.10. The zero-order valence-electron chi connectivity index (χ0n) is 10.9. The van der Waals surface area contributed by atoms with Gasteiger partial charge in [0.2, 0.25) is 0 Å². The average molecular weight is 245 g/mol. The predicted octanol–water partition coefficient (Wildman–Crippen LogP) is 3.15. The molecule has 3 N–H and O–H groups in total. The Kier molecular flexibility index (Phi) is 4.62. The Balaban J connectivity index is 2.08. The molecule has 0 bridgehead atoms.